The monoisotopic (exact) mass is 294 g/mol. The largest absolute Gasteiger partial charge is 0.486 e. The molecule has 0 aromatic carbocycles. The average molecular weight is 294 g/mol. The van der Waals surface area contributed by atoms with Crippen LogP contribution in [-0.4, -0.2) is 36.8 Å². The number of hydrogen-bond acceptors (Lipinski definition) is 4. The maximum atomic E-state index is 6.13. The Morgan fingerprint density at radius 1 is 0.952 bits per heavy atom. The van der Waals surface area contributed by atoms with E-state index in [-0.39, 0.29) is 30.2 Å². The van der Waals surface area contributed by atoms with Gasteiger partial charge in [0.15, 0.2) is 5.79 Å². The first-order valence-corrected chi connectivity index (χ1v) is 8.18. The summed E-state index contributed by atoms with van der Waals surface area (Å²) in [5.74, 6) is 1.65. The van der Waals surface area contributed by atoms with Gasteiger partial charge in [0.05, 0.1) is 17.8 Å². The number of hydrogen-bond donors (Lipinski definition) is 0. The predicted octanol–water partition coefficient (Wildman–Crippen LogP) is 3.25. The van der Waals surface area contributed by atoms with Crippen molar-refractivity contribution in [2.45, 2.75) is 82.9 Å². The molecule has 1 atom stereocenters. The molecule has 2 aliphatic heterocycles. The fourth-order valence-electron chi connectivity index (χ4n) is 3.21. The lowest BCUT2D eigenvalue weighted by atomic mass is 9.89. The van der Waals surface area contributed by atoms with Crippen molar-refractivity contribution >= 4 is 7.12 Å². The van der Waals surface area contributed by atoms with Crippen LogP contribution in [0, 0.1) is 0 Å². The Morgan fingerprint density at radius 2 is 1.57 bits per heavy atom. The average Bonchev–Trinajstić information content (AvgIpc) is 2.87. The number of ether oxygens (including phenoxy) is 2. The highest BCUT2D eigenvalue weighted by molar-refractivity contribution is 6.51. The number of rotatable bonds is 2. The molecule has 0 aromatic heterocycles. The van der Waals surface area contributed by atoms with Crippen molar-refractivity contribution in [2.24, 2.45) is 0 Å². The molecule has 1 aliphatic carbocycles. The van der Waals surface area contributed by atoms with Crippen molar-refractivity contribution in [1.82, 2.24) is 0 Å². The van der Waals surface area contributed by atoms with E-state index in [2.05, 4.69) is 27.7 Å². The zero-order chi connectivity index (χ0) is 15.1. The Balaban J connectivity index is 1.56. The van der Waals surface area contributed by atoms with E-state index in [0.29, 0.717) is 6.61 Å². The maximum Gasteiger partial charge on any atom is 0.486 e. The molecule has 118 valence electrons. The highest BCUT2D eigenvalue weighted by Crippen LogP contribution is 2.39. The predicted molar refractivity (Wildman–Crippen MR) is 81.9 cm³/mol. The van der Waals surface area contributed by atoms with Crippen molar-refractivity contribution in [3.63, 3.8) is 0 Å². The van der Waals surface area contributed by atoms with Gasteiger partial charge < -0.3 is 18.8 Å². The first-order chi connectivity index (χ1) is 9.82. The summed E-state index contributed by atoms with van der Waals surface area (Å²) >= 11 is 0. The van der Waals surface area contributed by atoms with E-state index in [4.69, 9.17) is 18.8 Å². The normalized spacial score (nSPS) is 34.1. The Bertz CT molecular complexity index is 397. The molecule has 2 saturated heterocycles. The minimum absolute atomic E-state index is 0.0159. The molecule has 0 aromatic rings. The van der Waals surface area contributed by atoms with Gasteiger partial charge in [0, 0.05) is 12.8 Å². The van der Waals surface area contributed by atoms with Gasteiger partial charge in [-0.05, 0) is 40.5 Å². The summed E-state index contributed by atoms with van der Waals surface area (Å²) in [5.41, 5.74) is -0.584. The van der Waals surface area contributed by atoms with Crippen LogP contribution in [0.4, 0.5) is 0 Å². The molecule has 3 fully saturated rings. The second-order valence-electron chi connectivity index (χ2n) is 7.45. The molecule has 0 bridgehead atoms. The Labute approximate surface area is 128 Å². The topological polar surface area (TPSA) is 36.9 Å². The second-order valence-corrected chi connectivity index (χ2v) is 7.45. The summed E-state index contributed by atoms with van der Waals surface area (Å²) in [7, 11) is -0.304. The summed E-state index contributed by atoms with van der Waals surface area (Å²) in [5, 5.41) is 0. The van der Waals surface area contributed by atoms with E-state index in [0.717, 1.165) is 12.8 Å². The van der Waals surface area contributed by atoms with Crippen molar-refractivity contribution in [3.05, 3.63) is 12.1 Å². The van der Waals surface area contributed by atoms with Crippen molar-refractivity contribution in [1.29, 1.82) is 0 Å². The third kappa shape index (κ3) is 3.07. The van der Waals surface area contributed by atoms with Crippen LogP contribution in [0.3, 0.4) is 0 Å². The van der Waals surface area contributed by atoms with Gasteiger partial charge in [-0.25, -0.2) is 0 Å². The van der Waals surface area contributed by atoms with E-state index in [1.54, 1.807) is 0 Å². The molecule has 0 amide bonds. The van der Waals surface area contributed by atoms with Crippen LogP contribution >= 0.6 is 0 Å². The van der Waals surface area contributed by atoms with Gasteiger partial charge >= 0.3 is 7.12 Å². The molecule has 21 heavy (non-hydrogen) atoms. The summed E-state index contributed by atoms with van der Waals surface area (Å²) in [6.07, 6.45) is 7.79. The third-order valence-corrected chi connectivity index (χ3v) is 5.25. The van der Waals surface area contributed by atoms with Crippen LogP contribution in [-0.2, 0) is 18.8 Å². The molecule has 0 radical (unpaired) electrons. The first kappa shape index (κ1) is 15.5. The Kier molecular flexibility index (Phi) is 3.98. The molecule has 2 heterocycles. The van der Waals surface area contributed by atoms with Gasteiger partial charge in [0.2, 0.25) is 0 Å². The molecule has 4 nitrogen and oxygen atoms in total. The van der Waals surface area contributed by atoms with E-state index in [9.17, 15) is 0 Å². The van der Waals surface area contributed by atoms with Crippen molar-refractivity contribution in [3.8, 4) is 0 Å². The zero-order valence-corrected chi connectivity index (χ0v) is 13.7. The molecule has 3 rings (SSSR count). The van der Waals surface area contributed by atoms with Gasteiger partial charge in [0.1, 0.15) is 6.10 Å². The molecular weight excluding hydrogens is 267 g/mol. The standard InChI is InChI=1S/C16H27BO4/c1-14(2)15(3,4)21-17(20-14)11-8-13-12-18-16(19-13)9-6-5-7-10-16/h8,11,13H,5-7,9-10,12H2,1-4H3/b11-8+/t13-/m0/s1. The van der Waals surface area contributed by atoms with E-state index >= 15 is 0 Å². The second kappa shape index (κ2) is 5.37. The molecule has 0 N–H and O–H groups in total. The zero-order valence-electron chi connectivity index (χ0n) is 13.7. The van der Waals surface area contributed by atoms with Crippen LogP contribution in [0.25, 0.3) is 0 Å². The molecular formula is C16H27BO4. The van der Waals surface area contributed by atoms with Crippen LogP contribution < -0.4 is 0 Å². The van der Waals surface area contributed by atoms with Gasteiger partial charge in [-0.3, -0.25) is 0 Å². The minimum atomic E-state index is -0.316. The molecule has 3 aliphatic rings. The molecule has 1 saturated carbocycles. The SMILES string of the molecule is CC1(C)OB(/C=C/[C@H]2COC3(CCCCC3)O2)OC1(C)C. The molecule has 5 heteroatoms. The quantitative estimate of drug-likeness (QED) is 0.733. The van der Waals surface area contributed by atoms with Crippen LogP contribution in [0.1, 0.15) is 59.8 Å². The van der Waals surface area contributed by atoms with E-state index in [1.807, 2.05) is 12.1 Å². The summed E-state index contributed by atoms with van der Waals surface area (Å²) in [4.78, 5) is 0. The summed E-state index contributed by atoms with van der Waals surface area (Å²) in [6.45, 7) is 8.89. The molecule has 1 spiro atoms. The van der Waals surface area contributed by atoms with Crippen LogP contribution in [0.2, 0.25) is 0 Å². The highest BCUT2D eigenvalue weighted by Gasteiger charge is 2.50. The van der Waals surface area contributed by atoms with Crippen molar-refractivity contribution < 1.29 is 18.8 Å². The maximum absolute atomic E-state index is 6.13. The lowest BCUT2D eigenvalue weighted by Crippen LogP contribution is -2.41. The van der Waals surface area contributed by atoms with Crippen molar-refractivity contribution in [2.75, 3.05) is 6.61 Å². The van der Waals surface area contributed by atoms with E-state index in [1.165, 1.54) is 19.3 Å². The summed E-state index contributed by atoms with van der Waals surface area (Å²) < 4.78 is 24.0. The van der Waals surface area contributed by atoms with Gasteiger partial charge in [-0.15, -0.1) is 0 Å². The molecule has 0 unspecified atom stereocenters. The smallest absolute Gasteiger partial charge is 0.400 e. The lowest BCUT2D eigenvalue weighted by molar-refractivity contribution is -0.182. The minimum Gasteiger partial charge on any atom is -0.400 e. The summed E-state index contributed by atoms with van der Waals surface area (Å²) in [6, 6.07) is 0. The lowest BCUT2D eigenvalue weighted by Gasteiger charge is -2.32. The van der Waals surface area contributed by atoms with Gasteiger partial charge in [-0.1, -0.05) is 18.5 Å². The Morgan fingerprint density at radius 3 is 2.19 bits per heavy atom. The van der Waals surface area contributed by atoms with Gasteiger partial charge in [-0.2, -0.15) is 0 Å². The van der Waals surface area contributed by atoms with E-state index < -0.39 is 0 Å². The van der Waals surface area contributed by atoms with Crippen LogP contribution in [0.15, 0.2) is 12.1 Å². The highest BCUT2D eigenvalue weighted by atomic mass is 16.7. The Hall–Kier alpha value is -0.355. The fraction of sp³-hybridized carbons (Fsp3) is 0.875. The fourth-order valence-corrected chi connectivity index (χ4v) is 3.21. The third-order valence-electron chi connectivity index (χ3n) is 5.25. The first-order valence-electron chi connectivity index (χ1n) is 8.18. The van der Waals surface area contributed by atoms with Gasteiger partial charge in [0.25, 0.3) is 0 Å². The van der Waals surface area contributed by atoms with Crippen LogP contribution in [0.5, 0.6) is 0 Å².